The van der Waals surface area contributed by atoms with Gasteiger partial charge in [0.2, 0.25) is 0 Å². The predicted octanol–water partition coefficient (Wildman–Crippen LogP) is 4.64. The molecule has 98 valence electrons. The summed E-state index contributed by atoms with van der Waals surface area (Å²) in [4.78, 5) is 0. The molecule has 1 atom stereocenters. The first-order chi connectivity index (χ1) is 9.22. The van der Waals surface area contributed by atoms with E-state index >= 15 is 0 Å². The van der Waals surface area contributed by atoms with Crippen molar-refractivity contribution >= 4 is 26.9 Å². The van der Waals surface area contributed by atoms with E-state index in [9.17, 15) is 0 Å². The second kappa shape index (κ2) is 5.23. The normalized spacial score (nSPS) is 12.9. The Morgan fingerprint density at radius 1 is 1.16 bits per heavy atom. The molecule has 0 spiro atoms. The predicted molar refractivity (Wildman–Crippen MR) is 77.9 cm³/mol. The Bertz CT molecular complexity index is 653. The molecule has 2 heterocycles. The van der Waals surface area contributed by atoms with Crippen LogP contribution < -0.4 is 5.32 Å². The first-order valence-corrected chi connectivity index (χ1v) is 6.98. The Hall–Kier alpha value is -1.52. The lowest BCUT2D eigenvalue weighted by Crippen LogP contribution is -2.17. The smallest absolute Gasteiger partial charge is 0.169 e. The van der Waals surface area contributed by atoms with Crippen LogP contribution in [0.3, 0.4) is 0 Å². The molecule has 0 bridgehead atoms. The Balaban J connectivity index is 1.71. The number of halogens is 1. The lowest BCUT2D eigenvalue weighted by atomic mass is 10.2. The third-order valence-corrected chi connectivity index (χ3v) is 3.51. The molecular formula is C15H14BrNO2. The fourth-order valence-corrected chi connectivity index (χ4v) is 2.36. The van der Waals surface area contributed by atoms with Crippen LogP contribution in [0.2, 0.25) is 0 Å². The molecule has 0 aliphatic rings. The number of benzene rings is 1. The first kappa shape index (κ1) is 12.5. The van der Waals surface area contributed by atoms with Gasteiger partial charge >= 0.3 is 0 Å². The third-order valence-electron chi connectivity index (χ3n) is 3.08. The summed E-state index contributed by atoms with van der Waals surface area (Å²) in [6.45, 7) is 2.75. The first-order valence-electron chi connectivity index (χ1n) is 6.18. The number of para-hydroxylation sites is 1. The lowest BCUT2D eigenvalue weighted by Gasteiger charge is -2.09. The molecule has 0 radical (unpaired) electrons. The molecular weight excluding hydrogens is 306 g/mol. The highest BCUT2D eigenvalue weighted by Crippen LogP contribution is 2.24. The van der Waals surface area contributed by atoms with Crippen molar-refractivity contribution in [1.82, 2.24) is 5.32 Å². The minimum Gasteiger partial charge on any atom is -0.459 e. The molecule has 1 unspecified atom stereocenters. The highest BCUT2D eigenvalue weighted by Gasteiger charge is 2.11. The largest absolute Gasteiger partial charge is 0.459 e. The van der Waals surface area contributed by atoms with Crippen LogP contribution >= 0.6 is 15.9 Å². The summed E-state index contributed by atoms with van der Waals surface area (Å²) >= 11 is 3.29. The van der Waals surface area contributed by atoms with E-state index in [-0.39, 0.29) is 6.04 Å². The standard InChI is InChI=1S/C15H14BrNO2/c1-10(17-9-12-6-7-15(16)18-12)14-8-11-4-2-3-5-13(11)19-14/h2-8,10,17H,9H2,1H3. The van der Waals surface area contributed by atoms with Gasteiger partial charge in [0.1, 0.15) is 17.1 Å². The highest BCUT2D eigenvalue weighted by molar-refractivity contribution is 9.10. The van der Waals surface area contributed by atoms with Gasteiger partial charge in [0.05, 0.1) is 12.6 Å². The van der Waals surface area contributed by atoms with Crippen molar-refractivity contribution in [2.45, 2.75) is 19.5 Å². The monoisotopic (exact) mass is 319 g/mol. The van der Waals surface area contributed by atoms with Crippen molar-refractivity contribution in [3.05, 3.63) is 58.7 Å². The second-order valence-electron chi connectivity index (χ2n) is 4.50. The Kier molecular flexibility index (Phi) is 3.44. The Morgan fingerprint density at radius 3 is 2.74 bits per heavy atom. The quantitative estimate of drug-likeness (QED) is 0.761. The van der Waals surface area contributed by atoms with Crippen LogP contribution in [0.15, 0.2) is 56.0 Å². The minimum atomic E-state index is 0.135. The molecule has 0 saturated carbocycles. The van der Waals surface area contributed by atoms with Crippen LogP contribution in [0, 0.1) is 0 Å². The van der Waals surface area contributed by atoms with Gasteiger partial charge in [-0.15, -0.1) is 0 Å². The van der Waals surface area contributed by atoms with Crippen LogP contribution in [0.5, 0.6) is 0 Å². The SMILES string of the molecule is CC(NCc1ccc(Br)o1)c1cc2ccccc2o1. The summed E-state index contributed by atoms with van der Waals surface area (Å²) in [6, 6.07) is 14.1. The van der Waals surface area contributed by atoms with Gasteiger partial charge in [-0.1, -0.05) is 18.2 Å². The van der Waals surface area contributed by atoms with E-state index in [4.69, 9.17) is 8.83 Å². The summed E-state index contributed by atoms with van der Waals surface area (Å²) in [6.07, 6.45) is 0. The van der Waals surface area contributed by atoms with Gasteiger partial charge in [-0.25, -0.2) is 0 Å². The Labute approximate surface area is 119 Å². The molecule has 2 aromatic heterocycles. The number of fused-ring (bicyclic) bond motifs is 1. The summed E-state index contributed by atoms with van der Waals surface area (Å²) in [7, 11) is 0. The van der Waals surface area contributed by atoms with Crippen LogP contribution in [0.1, 0.15) is 24.5 Å². The summed E-state index contributed by atoms with van der Waals surface area (Å²) < 4.78 is 12.0. The molecule has 1 N–H and O–H groups in total. The zero-order chi connectivity index (χ0) is 13.2. The average molecular weight is 320 g/mol. The van der Waals surface area contributed by atoms with Crippen molar-refractivity contribution in [2.24, 2.45) is 0 Å². The zero-order valence-electron chi connectivity index (χ0n) is 10.5. The van der Waals surface area contributed by atoms with Crippen molar-refractivity contribution in [1.29, 1.82) is 0 Å². The summed E-state index contributed by atoms with van der Waals surface area (Å²) in [5.74, 6) is 1.83. The lowest BCUT2D eigenvalue weighted by molar-refractivity contribution is 0.413. The van der Waals surface area contributed by atoms with Crippen LogP contribution in [0.25, 0.3) is 11.0 Å². The molecule has 0 fully saturated rings. The number of furan rings is 2. The zero-order valence-corrected chi connectivity index (χ0v) is 12.1. The van der Waals surface area contributed by atoms with Gasteiger partial charge in [0.15, 0.2) is 4.67 Å². The number of nitrogens with one attached hydrogen (secondary N) is 1. The van der Waals surface area contributed by atoms with E-state index in [2.05, 4.69) is 40.3 Å². The Morgan fingerprint density at radius 2 is 2.00 bits per heavy atom. The molecule has 3 nitrogen and oxygen atoms in total. The average Bonchev–Trinajstić information content (AvgIpc) is 3.01. The summed E-state index contributed by atoms with van der Waals surface area (Å²) in [5.41, 5.74) is 0.923. The number of hydrogen-bond acceptors (Lipinski definition) is 3. The van der Waals surface area contributed by atoms with Gasteiger partial charge in [-0.3, -0.25) is 0 Å². The molecule has 1 aromatic carbocycles. The van der Waals surface area contributed by atoms with Gasteiger partial charge in [-0.05, 0) is 47.1 Å². The van der Waals surface area contributed by atoms with Gasteiger partial charge in [-0.2, -0.15) is 0 Å². The molecule has 19 heavy (non-hydrogen) atoms. The number of hydrogen-bond donors (Lipinski definition) is 1. The molecule has 0 aliphatic carbocycles. The molecule has 0 aliphatic heterocycles. The molecule has 4 heteroatoms. The molecule has 0 amide bonds. The van der Waals surface area contributed by atoms with E-state index in [0.717, 1.165) is 27.2 Å². The number of rotatable bonds is 4. The van der Waals surface area contributed by atoms with Crippen LogP contribution in [-0.4, -0.2) is 0 Å². The minimum absolute atomic E-state index is 0.135. The van der Waals surface area contributed by atoms with Crippen LogP contribution in [-0.2, 0) is 6.54 Å². The molecule has 3 aromatic rings. The van der Waals surface area contributed by atoms with E-state index in [1.807, 2.05) is 30.3 Å². The highest BCUT2D eigenvalue weighted by atomic mass is 79.9. The molecule has 0 saturated heterocycles. The maximum absolute atomic E-state index is 5.82. The maximum atomic E-state index is 5.82. The topological polar surface area (TPSA) is 38.3 Å². The maximum Gasteiger partial charge on any atom is 0.169 e. The van der Waals surface area contributed by atoms with Crippen molar-refractivity contribution in [3.8, 4) is 0 Å². The van der Waals surface area contributed by atoms with Crippen molar-refractivity contribution in [3.63, 3.8) is 0 Å². The fraction of sp³-hybridized carbons (Fsp3) is 0.200. The third kappa shape index (κ3) is 2.74. The van der Waals surface area contributed by atoms with Gasteiger partial charge in [0, 0.05) is 5.39 Å². The van der Waals surface area contributed by atoms with Crippen molar-refractivity contribution < 1.29 is 8.83 Å². The van der Waals surface area contributed by atoms with Gasteiger partial charge < -0.3 is 14.2 Å². The van der Waals surface area contributed by atoms with E-state index in [1.54, 1.807) is 0 Å². The van der Waals surface area contributed by atoms with Crippen LogP contribution in [0.4, 0.5) is 0 Å². The fourth-order valence-electron chi connectivity index (χ4n) is 2.02. The summed E-state index contributed by atoms with van der Waals surface area (Å²) in [5, 5.41) is 4.51. The van der Waals surface area contributed by atoms with Gasteiger partial charge in [0.25, 0.3) is 0 Å². The van der Waals surface area contributed by atoms with E-state index < -0.39 is 0 Å². The second-order valence-corrected chi connectivity index (χ2v) is 5.28. The van der Waals surface area contributed by atoms with E-state index in [1.165, 1.54) is 0 Å². The van der Waals surface area contributed by atoms with E-state index in [0.29, 0.717) is 6.54 Å². The van der Waals surface area contributed by atoms with Crippen molar-refractivity contribution in [2.75, 3.05) is 0 Å². The molecule has 3 rings (SSSR count).